The van der Waals surface area contributed by atoms with Crippen molar-refractivity contribution in [2.75, 3.05) is 41.3 Å². The van der Waals surface area contributed by atoms with Crippen molar-refractivity contribution in [3.8, 4) is 0 Å². The fraction of sp³-hybridized carbons (Fsp3) is 0.524. The van der Waals surface area contributed by atoms with Crippen LogP contribution in [-0.2, 0) is 0 Å². The van der Waals surface area contributed by atoms with Crippen LogP contribution in [0.2, 0.25) is 0 Å². The largest absolute Gasteiger partial charge is 0.368 e. The Kier molecular flexibility index (Phi) is 5.64. The van der Waals surface area contributed by atoms with Gasteiger partial charge in [-0.15, -0.1) is 0 Å². The summed E-state index contributed by atoms with van der Waals surface area (Å²) in [5.41, 5.74) is 5.12. The maximum absolute atomic E-state index is 4.76. The SMILES string of the molecule is CCC(C)Nc1nc(C)cc(N2CCN(c3cccc(C)c3C)CC2)n1. The van der Waals surface area contributed by atoms with E-state index in [1.807, 2.05) is 6.92 Å². The second-order valence-corrected chi connectivity index (χ2v) is 7.34. The van der Waals surface area contributed by atoms with E-state index < -0.39 is 0 Å². The summed E-state index contributed by atoms with van der Waals surface area (Å²) in [6, 6.07) is 9.05. The topological polar surface area (TPSA) is 44.3 Å². The fourth-order valence-corrected chi connectivity index (χ4v) is 3.36. The minimum atomic E-state index is 0.380. The van der Waals surface area contributed by atoms with Crippen LogP contribution < -0.4 is 15.1 Å². The first-order chi connectivity index (χ1) is 12.5. The lowest BCUT2D eigenvalue weighted by Gasteiger charge is -2.37. The van der Waals surface area contributed by atoms with Gasteiger partial charge in [0, 0.05) is 49.7 Å². The maximum atomic E-state index is 4.76. The van der Waals surface area contributed by atoms with Crippen LogP contribution >= 0.6 is 0 Å². The molecular weight excluding hydrogens is 322 g/mol. The van der Waals surface area contributed by atoms with Gasteiger partial charge < -0.3 is 15.1 Å². The summed E-state index contributed by atoms with van der Waals surface area (Å²) < 4.78 is 0. The van der Waals surface area contributed by atoms with E-state index in [0.29, 0.717) is 6.04 Å². The Hall–Kier alpha value is -2.30. The van der Waals surface area contributed by atoms with Crippen LogP contribution in [-0.4, -0.2) is 42.2 Å². The van der Waals surface area contributed by atoms with Crippen molar-refractivity contribution in [2.45, 2.75) is 47.1 Å². The molecule has 5 heteroatoms. The molecule has 2 heterocycles. The van der Waals surface area contributed by atoms with Gasteiger partial charge in [-0.1, -0.05) is 19.1 Å². The third-order valence-corrected chi connectivity index (χ3v) is 5.35. The van der Waals surface area contributed by atoms with Crippen LogP contribution in [0, 0.1) is 20.8 Å². The number of nitrogens with zero attached hydrogens (tertiary/aromatic N) is 4. The molecule has 1 N–H and O–H groups in total. The zero-order valence-corrected chi connectivity index (χ0v) is 16.7. The summed E-state index contributed by atoms with van der Waals surface area (Å²) in [6.45, 7) is 14.8. The minimum absolute atomic E-state index is 0.380. The first-order valence-electron chi connectivity index (χ1n) is 9.66. The second kappa shape index (κ2) is 7.94. The van der Waals surface area contributed by atoms with Gasteiger partial charge >= 0.3 is 0 Å². The number of anilines is 3. The molecule has 2 aromatic rings. The van der Waals surface area contributed by atoms with Crippen LogP contribution in [0.4, 0.5) is 17.5 Å². The normalized spacial score (nSPS) is 15.9. The highest BCUT2D eigenvalue weighted by molar-refractivity contribution is 5.57. The first kappa shape index (κ1) is 18.5. The summed E-state index contributed by atoms with van der Waals surface area (Å²) in [4.78, 5) is 14.2. The number of aromatic nitrogens is 2. The molecule has 5 nitrogen and oxygen atoms in total. The highest BCUT2D eigenvalue weighted by Crippen LogP contribution is 2.25. The Labute approximate surface area is 157 Å². The van der Waals surface area contributed by atoms with E-state index in [1.165, 1.54) is 16.8 Å². The number of rotatable bonds is 5. The van der Waals surface area contributed by atoms with Gasteiger partial charge in [0.05, 0.1) is 0 Å². The van der Waals surface area contributed by atoms with Crippen LogP contribution in [0.15, 0.2) is 24.3 Å². The molecule has 1 aromatic heterocycles. The molecule has 1 aliphatic heterocycles. The zero-order chi connectivity index (χ0) is 18.7. The van der Waals surface area contributed by atoms with Crippen molar-refractivity contribution in [1.82, 2.24) is 9.97 Å². The van der Waals surface area contributed by atoms with Crippen LogP contribution in [0.1, 0.15) is 37.1 Å². The number of piperazine rings is 1. The average molecular weight is 354 g/mol. The number of hydrogen-bond acceptors (Lipinski definition) is 5. The molecule has 0 saturated carbocycles. The van der Waals surface area contributed by atoms with E-state index in [0.717, 1.165) is 50.1 Å². The summed E-state index contributed by atoms with van der Waals surface area (Å²) in [5, 5.41) is 3.40. The summed E-state index contributed by atoms with van der Waals surface area (Å²) >= 11 is 0. The summed E-state index contributed by atoms with van der Waals surface area (Å²) in [6.07, 6.45) is 1.06. The molecule has 3 rings (SSSR count). The Bertz CT molecular complexity index is 750. The number of nitrogens with one attached hydrogen (secondary N) is 1. The predicted octanol–water partition coefficient (Wildman–Crippen LogP) is 3.94. The molecule has 140 valence electrons. The highest BCUT2D eigenvalue weighted by Gasteiger charge is 2.20. The van der Waals surface area contributed by atoms with E-state index in [9.17, 15) is 0 Å². The maximum Gasteiger partial charge on any atom is 0.225 e. The van der Waals surface area contributed by atoms with Gasteiger partial charge in [0.25, 0.3) is 0 Å². The lowest BCUT2D eigenvalue weighted by atomic mass is 10.1. The monoisotopic (exact) mass is 353 g/mol. The molecule has 1 atom stereocenters. The van der Waals surface area contributed by atoms with Gasteiger partial charge in [-0.2, -0.15) is 4.98 Å². The molecule has 0 aliphatic carbocycles. The van der Waals surface area contributed by atoms with E-state index in [1.54, 1.807) is 0 Å². The molecule has 1 fully saturated rings. The van der Waals surface area contributed by atoms with E-state index in [2.05, 4.69) is 72.1 Å². The van der Waals surface area contributed by atoms with Gasteiger partial charge in [0.15, 0.2) is 0 Å². The predicted molar refractivity (Wildman–Crippen MR) is 110 cm³/mol. The molecule has 26 heavy (non-hydrogen) atoms. The van der Waals surface area contributed by atoms with Crippen molar-refractivity contribution in [3.63, 3.8) is 0 Å². The molecular formula is C21H31N5. The summed E-state index contributed by atoms with van der Waals surface area (Å²) in [5.74, 6) is 1.77. The first-order valence-corrected chi connectivity index (χ1v) is 9.66. The quantitative estimate of drug-likeness (QED) is 0.882. The average Bonchev–Trinajstić information content (AvgIpc) is 2.63. The highest BCUT2D eigenvalue weighted by atomic mass is 15.3. The smallest absolute Gasteiger partial charge is 0.225 e. The van der Waals surface area contributed by atoms with Crippen molar-refractivity contribution >= 4 is 17.5 Å². The molecule has 0 radical (unpaired) electrons. The van der Waals surface area contributed by atoms with Crippen LogP contribution in [0.3, 0.4) is 0 Å². The Balaban J connectivity index is 1.71. The number of hydrogen-bond donors (Lipinski definition) is 1. The van der Waals surface area contributed by atoms with Crippen molar-refractivity contribution in [1.29, 1.82) is 0 Å². The molecule has 1 aliphatic rings. The molecule has 0 spiro atoms. The van der Waals surface area contributed by atoms with Gasteiger partial charge in [-0.25, -0.2) is 4.98 Å². The van der Waals surface area contributed by atoms with E-state index in [-0.39, 0.29) is 0 Å². The number of benzene rings is 1. The molecule has 1 aromatic carbocycles. The zero-order valence-electron chi connectivity index (χ0n) is 16.7. The molecule has 1 unspecified atom stereocenters. The molecule has 0 bridgehead atoms. The lowest BCUT2D eigenvalue weighted by Crippen LogP contribution is -2.47. The molecule has 1 saturated heterocycles. The Morgan fingerprint density at radius 2 is 1.73 bits per heavy atom. The lowest BCUT2D eigenvalue weighted by molar-refractivity contribution is 0.644. The minimum Gasteiger partial charge on any atom is -0.368 e. The Morgan fingerprint density at radius 1 is 1.04 bits per heavy atom. The van der Waals surface area contributed by atoms with Gasteiger partial charge in [-0.05, 0) is 51.3 Å². The third-order valence-electron chi connectivity index (χ3n) is 5.35. The summed E-state index contributed by atoms with van der Waals surface area (Å²) in [7, 11) is 0. The molecule has 0 amide bonds. The van der Waals surface area contributed by atoms with Crippen molar-refractivity contribution in [3.05, 3.63) is 41.1 Å². The third kappa shape index (κ3) is 4.09. The fourth-order valence-electron chi connectivity index (χ4n) is 3.36. The van der Waals surface area contributed by atoms with Gasteiger partial charge in [-0.3, -0.25) is 0 Å². The van der Waals surface area contributed by atoms with Crippen molar-refractivity contribution < 1.29 is 0 Å². The van der Waals surface area contributed by atoms with E-state index >= 15 is 0 Å². The van der Waals surface area contributed by atoms with Crippen LogP contribution in [0.25, 0.3) is 0 Å². The Morgan fingerprint density at radius 3 is 2.42 bits per heavy atom. The second-order valence-electron chi connectivity index (χ2n) is 7.34. The number of aryl methyl sites for hydroxylation is 2. The van der Waals surface area contributed by atoms with Crippen molar-refractivity contribution in [2.24, 2.45) is 0 Å². The van der Waals surface area contributed by atoms with Crippen LogP contribution in [0.5, 0.6) is 0 Å². The van der Waals surface area contributed by atoms with E-state index in [4.69, 9.17) is 4.98 Å². The van der Waals surface area contributed by atoms with Gasteiger partial charge in [0.2, 0.25) is 5.95 Å². The van der Waals surface area contributed by atoms with Gasteiger partial charge in [0.1, 0.15) is 5.82 Å². The standard InChI is InChI=1S/C21H31N5/c1-6-16(3)22-21-23-17(4)14-20(24-21)26-12-10-25(11-13-26)19-9-7-8-15(2)18(19)5/h7-9,14,16H,6,10-13H2,1-5H3,(H,22,23,24).